The van der Waals surface area contributed by atoms with Gasteiger partial charge in [-0.2, -0.15) is 0 Å². The molecule has 0 aliphatic heterocycles. The number of nitrogens with zero attached hydrogens (tertiary/aromatic N) is 4. The van der Waals surface area contributed by atoms with Crippen LogP contribution in [0.3, 0.4) is 0 Å². The molecule has 126 valence electrons. The molecule has 3 aromatic rings. The molecule has 0 aromatic carbocycles. The summed E-state index contributed by atoms with van der Waals surface area (Å²) < 4.78 is 2.33. The maximum Gasteiger partial charge on any atom is 0.258 e. The number of anilines is 1. The lowest BCUT2D eigenvalue weighted by molar-refractivity contribution is -0.116. The number of nitrogens with one attached hydrogen (secondary N) is 1. The molecule has 10 heteroatoms. The van der Waals surface area contributed by atoms with E-state index in [2.05, 4.69) is 20.5 Å². The first-order valence-corrected chi connectivity index (χ1v) is 9.98. The summed E-state index contributed by atoms with van der Waals surface area (Å²) >= 11 is 4.21. The van der Waals surface area contributed by atoms with E-state index in [1.807, 2.05) is 19.2 Å². The van der Waals surface area contributed by atoms with Crippen LogP contribution in [0.4, 0.5) is 5.13 Å². The normalized spacial score (nSPS) is 11.1. The second-order valence-electron chi connectivity index (χ2n) is 5.04. The third-order valence-electron chi connectivity index (χ3n) is 3.10. The number of amides is 1. The Morgan fingerprint density at radius 1 is 1.42 bits per heavy atom. The molecule has 0 saturated heterocycles. The smallest absolute Gasteiger partial charge is 0.258 e. The van der Waals surface area contributed by atoms with E-state index >= 15 is 0 Å². The maximum absolute atomic E-state index is 12.1. The number of carbonyl (C=O) groups excluding carboxylic acids is 1. The Hall–Kier alpha value is -1.78. The Morgan fingerprint density at radius 3 is 3.04 bits per heavy atom. The van der Waals surface area contributed by atoms with Gasteiger partial charge in [-0.15, -0.1) is 21.5 Å². The number of hydrogen-bond donors (Lipinski definition) is 1. The molecular formula is C14H15N5O2S3. The summed E-state index contributed by atoms with van der Waals surface area (Å²) in [4.78, 5) is 28.9. The van der Waals surface area contributed by atoms with Crippen LogP contribution in [0, 0.1) is 6.92 Å². The fourth-order valence-electron chi connectivity index (χ4n) is 2.04. The van der Waals surface area contributed by atoms with Crippen LogP contribution in [0.2, 0.25) is 0 Å². The second kappa shape index (κ2) is 7.41. The third kappa shape index (κ3) is 3.82. The Morgan fingerprint density at radius 2 is 2.25 bits per heavy atom. The van der Waals surface area contributed by atoms with Crippen molar-refractivity contribution in [1.29, 1.82) is 0 Å². The molecule has 3 aromatic heterocycles. The van der Waals surface area contributed by atoms with E-state index in [1.165, 1.54) is 34.4 Å². The highest BCUT2D eigenvalue weighted by atomic mass is 32.2. The minimum absolute atomic E-state index is 0.0570. The van der Waals surface area contributed by atoms with Crippen molar-refractivity contribution < 1.29 is 4.79 Å². The summed E-state index contributed by atoms with van der Waals surface area (Å²) in [6.45, 7) is 3.83. The quantitative estimate of drug-likeness (QED) is 0.522. The number of rotatable bonds is 6. The molecule has 0 atom stereocenters. The second-order valence-corrected chi connectivity index (χ2v) is 8.08. The molecule has 0 saturated carbocycles. The number of aromatic nitrogens is 4. The molecule has 0 spiro atoms. The maximum atomic E-state index is 12.1. The number of aryl methyl sites for hydroxylation is 1. The van der Waals surface area contributed by atoms with Gasteiger partial charge in [0.15, 0.2) is 9.30 Å². The van der Waals surface area contributed by atoms with Gasteiger partial charge in [-0.3, -0.25) is 14.0 Å². The van der Waals surface area contributed by atoms with Crippen molar-refractivity contribution in [2.45, 2.75) is 36.8 Å². The van der Waals surface area contributed by atoms with E-state index in [-0.39, 0.29) is 11.5 Å². The van der Waals surface area contributed by atoms with Crippen molar-refractivity contribution in [3.63, 3.8) is 0 Å². The van der Waals surface area contributed by atoms with Crippen molar-refractivity contribution in [1.82, 2.24) is 19.6 Å². The lowest BCUT2D eigenvalue weighted by atomic mass is 10.3. The Labute approximate surface area is 150 Å². The largest absolute Gasteiger partial charge is 0.301 e. The van der Waals surface area contributed by atoms with Crippen LogP contribution in [0.15, 0.2) is 20.6 Å². The highest BCUT2D eigenvalue weighted by Gasteiger charge is 2.10. The predicted octanol–water partition coefficient (Wildman–Crippen LogP) is 2.95. The van der Waals surface area contributed by atoms with E-state index in [1.54, 1.807) is 10.5 Å². The van der Waals surface area contributed by atoms with E-state index in [4.69, 9.17) is 0 Å². The first-order chi connectivity index (χ1) is 11.6. The molecule has 0 unspecified atom stereocenters. The number of thioether (sulfide) groups is 1. The van der Waals surface area contributed by atoms with Gasteiger partial charge in [0, 0.05) is 29.3 Å². The van der Waals surface area contributed by atoms with Crippen LogP contribution in [0.25, 0.3) is 4.96 Å². The molecule has 7 nitrogen and oxygen atoms in total. The zero-order valence-corrected chi connectivity index (χ0v) is 15.6. The summed E-state index contributed by atoms with van der Waals surface area (Å²) in [5.74, 6) is 0.471. The SMILES string of the molecule is CCCC(=O)Nc1nnc(SCc2cc(=O)n3c(C)csc3n2)s1. The molecule has 0 aliphatic rings. The van der Waals surface area contributed by atoms with Gasteiger partial charge in [-0.05, 0) is 13.3 Å². The Kier molecular flexibility index (Phi) is 5.27. The topological polar surface area (TPSA) is 89.2 Å². The van der Waals surface area contributed by atoms with E-state index in [0.717, 1.165) is 16.5 Å². The number of fused-ring (bicyclic) bond motifs is 1. The molecule has 0 radical (unpaired) electrons. The van der Waals surface area contributed by atoms with Gasteiger partial charge in [-0.1, -0.05) is 30.0 Å². The van der Waals surface area contributed by atoms with Gasteiger partial charge in [0.05, 0.1) is 5.69 Å². The monoisotopic (exact) mass is 381 g/mol. The number of hydrogen-bond acceptors (Lipinski definition) is 8. The molecule has 0 aliphatic carbocycles. The van der Waals surface area contributed by atoms with Gasteiger partial charge in [0.25, 0.3) is 5.56 Å². The summed E-state index contributed by atoms with van der Waals surface area (Å²) in [5.41, 5.74) is 1.53. The van der Waals surface area contributed by atoms with Gasteiger partial charge < -0.3 is 5.32 Å². The molecule has 3 heterocycles. The van der Waals surface area contributed by atoms with Crippen molar-refractivity contribution in [2.75, 3.05) is 5.32 Å². The highest BCUT2D eigenvalue weighted by Crippen LogP contribution is 2.28. The summed E-state index contributed by atoms with van der Waals surface area (Å²) in [6.07, 6.45) is 1.26. The van der Waals surface area contributed by atoms with Crippen molar-refractivity contribution in [2.24, 2.45) is 0 Å². The molecule has 1 amide bonds. The molecule has 1 N–H and O–H groups in total. The van der Waals surface area contributed by atoms with Gasteiger partial charge >= 0.3 is 0 Å². The van der Waals surface area contributed by atoms with Crippen LogP contribution in [-0.4, -0.2) is 25.5 Å². The van der Waals surface area contributed by atoms with E-state index in [0.29, 0.717) is 28.0 Å². The molecule has 0 fully saturated rings. The fourth-order valence-corrected chi connectivity index (χ4v) is 4.59. The van der Waals surface area contributed by atoms with Crippen LogP contribution in [-0.2, 0) is 10.5 Å². The van der Waals surface area contributed by atoms with Gasteiger partial charge in [-0.25, -0.2) is 4.98 Å². The summed E-state index contributed by atoms with van der Waals surface area (Å²) in [6, 6.07) is 1.55. The predicted molar refractivity (Wildman–Crippen MR) is 97.1 cm³/mol. The lowest BCUT2D eigenvalue weighted by Crippen LogP contribution is -2.14. The van der Waals surface area contributed by atoms with E-state index in [9.17, 15) is 9.59 Å². The van der Waals surface area contributed by atoms with E-state index < -0.39 is 0 Å². The van der Waals surface area contributed by atoms with Gasteiger partial charge in [0.2, 0.25) is 11.0 Å². The first kappa shape index (κ1) is 17.1. The first-order valence-electron chi connectivity index (χ1n) is 7.29. The molecular weight excluding hydrogens is 366 g/mol. The number of thiazole rings is 1. The zero-order valence-electron chi connectivity index (χ0n) is 13.1. The molecule has 0 bridgehead atoms. The average molecular weight is 382 g/mol. The third-order valence-corrected chi connectivity index (χ3v) is 6.05. The fraction of sp³-hybridized carbons (Fsp3) is 0.357. The minimum Gasteiger partial charge on any atom is -0.301 e. The Bertz CT molecular complexity index is 930. The van der Waals surface area contributed by atoms with Crippen molar-refractivity contribution in [3.8, 4) is 0 Å². The van der Waals surface area contributed by atoms with Crippen LogP contribution >= 0.6 is 34.4 Å². The van der Waals surface area contributed by atoms with Crippen LogP contribution < -0.4 is 10.9 Å². The standard InChI is InChI=1S/C14H15N5O2S3/c1-3-4-10(20)16-12-17-18-14(24-12)23-7-9-5-11(21)19-8(2)6-22-13(19)15-9/h5-6H,3-4,7H2,1-2H3,(H,16,17,20). The highest BCUT2D eigenvalue weighted by molar-refractivity contribution is 8.00. The van der Waals surface area contributed by atoms with Crippen LogP contribution in [0.1, 0.15) is 31.2 Å². The lowest BCUT2D eigenvalue weighted by Gasteiger charge is -2.00. The average Bonchev–Trinajstić information content (AvgIpc) is 3.13. The van der Waals surface area contributed by atoms with Gasteiger partial charge in [0.1, 0.15) is 0 Å². The van der Waals surface area contributed by atoms with Crippen LogP contribution in [0.5, 0.6) is 0 Å². The minimum atomic E-state index is -0.0702. The zero-order chi connectivity index (χ0) is 17.1. The number of carbonyl (C=O) groups is 1. The summed E-state index contributed by atoms with van der Waals surface area (Å²) in [7, 11) is 0. The molecule has 3 rings (SSSR count). The van der Waals surface area contributed by atoms with Crippen molar-refractivity contribution in [3.05, 3.63) is 33.2 Å². The van der Waals surface area contributed by atoms with Crippen molar-refractivity contribution >= 4 is 50.4 Å². The Balaban J connectivity index is 1.67. The molecule has 24 heavy (non-hydrogen) atoms. The summed E-state index contributed by atoms with van der Waals surface area (Å²) in [5, 5.41) is 13.1.